The van der Waals surface area contributed by atoms with Crippen molar-refractivity contribution in [2.45, 2.75) is 37.4 Å². The summed E-state index contributed by atoms with van der Waals surface area (Å²) in [7, 11) is 4.46. The molecule has 258 valence electrons. The van der Waals surface area contributed by atoms with Crippen LogP contribution < -0.4 is 14.2 Å². The van der Waals surface area contributed by atoms with E-state index in [-0.39, 0.29) is 66.5 Å². The van der Waals surface area contributed by atoms with Gasteiger partial charge in [-0.15, -0.1) is 24.8 Å². The normalized spacial score (nSPS) is 18.2. The van der Waals surface area contributed by atoms with Gasteiger partial charge in [-0.2, -0.15) is 9.97 Å². The van der Waals surface area contributed by atoms with Crippen molar-refractivity contribution in [3.8, 4) is 17.8 Å². The Balaban J connectivity index is 0.00000300. The number of hydrogen-bond acceptors (Lipinski definition) is 9. The van der Waals surface area contributed by atoms with E-state index in [0.29, 0.717) is 51.3 Å². The van der Waals surface area contributed by atoms with Gasteiger partial charge in [-0.25, -0.2) is 8.78 Å². The smallest absolute Gasteiger partial charge is 0.322 e. The molecule has 10 nitrogen and oxygen atoms in total. The fourth-order valence-electron chi connectivity index (χ4n) is 6.47. The second-order valence-electron chi connectivity index (χ2n) is 11.2. The van der Waals surface area contributed by atoms with Gasteiger partial charge < -0.3 is 23.8 Å². The molecule has 2 aromatic carbocycles. The van der Waals surface area contributed by atoms with Crippen molar-refractivity contribution in [3.05, 3.63) is 77.4 Å². The molecule has 3 heterocycles. The molecule has 2 unspecified atom stereocenters. The lowest BCUT2D eigenvalue weighted by Crippen LogP contribution is -2.67. The molecular formula is C33H43Cl2F2N5O5. The number of carbonyl (C=O) groups excluding carboxylic acids is 1. The van der Waals surface area contributed by atoms with Crippen LogP contribution in [0, 0.1) is 0 Å². The lowest BCUT2D eigenvalue weighted by molar-refractivity contribution is -0.137. The van der Waals surface area contributed by atoms with E-state index in [1.54, 1.807) is 7.11 Å². The van der Waals surface area contributed by atoms with Crippen molar-refractivity contribution in [1.82, 2.24) is 24.7 Å². The summed E-state index contributed by atoms with van der Waals surface area (Å²) in [5, 5.41) is 0. The first kappa shape index (κ1) is 38.2. The summed E-state index contributed by atoms with van der Waals surface area (Å²) in [6.45, 7) is 3.07. The van der Waals surface area contributed by atoms with E-state index in [4.69, 9.17) is 18.9 Å². The predicted octanol–water partition coefficient (Wildman–Crippen LogP) is 4.55. The molecule has 0 N–H and O–H groups in total. The van der Waals surface area contributed by atoms with Gasteiger partial charge in [0.2, 0.25) is 17.7 Å². The van der Waals surface area contributed by atoms with E-state index in [1.165, 1.54) is 25.3 Å². The van der Waals surface area contributed by atoms with Gasteiger partial charge in [0.1, 0.15) is 0 Å². The monoisotopic (exact) mass is 697 g/mol. The molecule has 0 radical (unpaired) electrons. The lowest BCUT2D eigenvalue weighted by atomic mass is 9.81. The van der Waals surface area contributed by atoms with Gasteiger partial charge in [-0.1, -0.05) is 60.7 Å². The first-order chi connectivity index (χ1) is 21.9. The number of halogens is 4. The van der Waals surface area contributed by atoms with Crippen LogP contribution in [0.3, 0.4) is 0 Å². The predicted molar refractivity (Wildman–Crippen MR) is 178 cm³/mol. The zero-order valence-electron chi connectivity index (χ0n) is 26.8. The van der Waals surface area contributed by atoms with Crippen LogP contribution in [0.1, 0.15) is 29.0 Å². The standard InChI is InChI=1S/C33H41F2N5O5.2ClH/c1-42-17-14-29(41)39-15-16-40-25(19-39)18-38(20-26-31(43-2)36-33(44-3)37-32(26)45-22-28(34)35)21-27(40)30(23-10-6-4-7-11-23)24-12-8-5-9-13-24;;/h4-13,25,27-28,30H,14-22H2,1-3H3;2*1H. The summed E-state index contributed by atoms with van der Waals surface area (Å²) in [6.07, 6.45) is -2.35. The Labute approximate surface area is 287 Å². The van der Waals surface area contributed by atoms with E-state index >= 15 is 0 Å². The summed E-state index contributed by atoms with van der Waals surface area (Å²) in [5.41, 5.74) is 2.85. The van der Waals surface area contributed by atoms with Gasteiger partial charge in [-0.05, 0) is 11.1 Å². The molecule has 0 aliphatic carbocycles. The number of rotatable bonds is 13. The van der Waals surface area contributed by atoms with Crippen molar-refractivity contribution in [3.63, 3.8) is 0 Å². The Morgan fingerprint density at radius 2 is 1.51 bits per heavy atom. The maximum absolute atomic E-state index is 13.2. The second kappa shape index (κ2) is 18.3. The van der Waals surface area contributed by atoms with Crippen LogP contribution in [0.25, 0.3) is 0 Å². The molecular weight excluding hydrogens is 655 g/mol. The van der Waals surface area contributed by atoms with Gasteiger partial charge >= 0.3 is 6.01 Å². The summed E-state index contributed by atoms with van der Waals surface area (Å²) >= 11 is 0. The third-order valence-electron chi connectivity index (χ3n) is 8.46. The number of amides is 1. The van der Waals surface area contributed by atoms with Crippen LogP contribution >= 0.6 is 24.8 Å². The Bertz CT molecular complexity index is 1360. The molecule has 14 heteroatoms. The average Bonchev–Trinajstić information content (AvgIpc) is 3.07. The van der Waals surface area contributed by atoms with Crippen LogP contribution in [0.4, 0.5) is 8.78 Å². The van der Waals surface area contributed by atoms with Gasteiger partial charge in [0, 0.05) is 64.4 Å². The van der Waals surface area contributed by atoms with Crippen molar-refractivity contribution in [2.75, 3.05) is 67.3 Å². The largest absolute Gasteiger partial charge is 0.481 e. The zero-order chi connectivity index (χ0) is 31.8. The molecule has 3 aromatic rings. The minimum Gasteiger partial charge on any atom is -0.481 e. The maximum Gasteiger partial charge on any atom is 0.322 e. The highest BCUT2D eigenvalue weighted by Crippen LogP contribution is 2.37. The zero-order valence-corrected chi connectivity index (χ0v) is 28.4. The van der Waals surface area contributed by atoms with E-state index in [9.17, 15) is 13.6 Å². The van der Waals surface area contributed by atoms with Gasteiger partial charge in [0.25, 0.3) is 6.43 Å². The average molecular weight is 699 g/mol. The molecule has 0 bridgehead atoms. The Morgan fingerprint density at radius 3 is 2.09 bits per heavy atom. The number of aromatic nitrogens is 2. The molecule has 47 heavy (non-hydrogen) atoms. The Kier molecular flexibility index (Phi) is 14.9. The highest BCUT2D eigenvalue weighted by atomic mass is 35.5. The molecule has 2 fully saturated rings. The molecule has 2 saturated heterocycles. The number of carbonyl (C=O) groups is 1. The fourth-order valence-corrected chi connectivity index (χ4v) is 6.47. The topological polar surface area (TPSA) is 89.5 Å². The number of fused-ring (bicyclic) bond motifs is 1. The van der Waals surface area contributed by atoms with Crippen molar-refractivity contribution in [2.24, 2.45) is 0 Å². The van der Waals surface area contributed by atoms with Crippen LogP contribution in [0.15, 0.2) is 60.7 Å². The van der Waals surface area contributed by atoms with Gasteiger partial charge in [0.15, 0.2) is 6.61 Å². The number of ether oxygens (including phenoxy) is 4. The van der Waals surface area contributed by atoms with Gasteiger partial charge in [-0.3, -0.25) is 14.6 Å². The third-order valence-corrected chi connectivity index (χ3v) is 8.46. The van der Waals surface area contributed by atoms with E-state index in [2.05, 4.69) is 68.3 Å². The number of benzene rings is 2. The van der Waals surface area contributed by atoms with Crippen molar-refractivity contribution >= 4 is 30.7 Å². The first-order valence-electron chi connectivity index (χ1n) is 15.2. The highest BCUT2D eigenvalue weighted by molar-refractivity contribution is 5.85. The number of alkyl halides is 2. The van der Waals surface area contributed by atoms with Crippen LogP contribution in [0.2, 0.25) is 0 Å². The van der Waals surface area contributed by atoms with Crippen LogP contribution in [-0.4, -0.2) is 116 Å². The number of nitrogens with zero attached hydrogens (tertiary/aromatic N) is 5. The quantitative estimate of drug-likeness (QED) is 0.255. The minimum absolute atomic E-state index is 0. The van der Waals surface area contributed by atoms with E-state index < -0.39 is 13.0 Å². The molecule has 1 aromatic heterocycles. The summed E-state index contributed by atoms with van der Waals surface area (Å²) < 4.78 is 47.8. The van der Waals surface area contributed by atoms with Gasteiger partial charge in [0.05, 0.1) is 32.8 Å². The summed E-state index contributed by atoms with van der Waals surface area (Å²) in [4.78, 5) is 28.4. The Morgan fingerprint density at radius 1 is 0.872 bits per heavy atom. The first-order valence-corrected chi connectivity index (χ1v) is 15.2. The minimum atomic E-state index is -2.68. The van der Waals surface area contributed by atoms with Crippen LogP contribution in [-0.2, 0) is 16.1 Å². The highest BCUT2D eigenvalue weighted by Gasteiger charge is 2.43. The van der Waals surface area contributed by atoms with Crippen LogP contribution in [0.5, 0.6) is 17.8 Å². The SMILES string of the molecule is COCCC(=O)N1CCN2C(CN(Cc3c(OC)nc(OC)nc3OCC(F)F)CC2C(c2ccccc2)c2ccccc2)C1.Cl.Cl. The molecule has 1 amide bonds. The van der Waals surface area contributed by atoms with Crippen molar-refractivity contribution in [1.29, 1.82) is 0 Å². The molecule has 5 rings (SSSR count). The van der Waals surface area contributed by atoms with E-state index in [1.807, 2.05) is 17.0 Å². The second-order valence-corrected chi connectivity index (χ2v) is 11.2. The fraction of sp³-hybridized carbons (Fsp3) is 0.485. The maximum atomic E-state index is 13.2. The molecule has 2 aliphatic rings. The third kappa shape index (κ3) is 9.41. The Hall–Kier alpha value is -3.29. The van der Waals surface area contributed by atoms with Crippen molar-refractivity contribution < 1.29 is 32.5 Å². The molecule has 0 saturated carbocycles. The molecule has 2 aliphatic heterocycles. The number of methoxy groups -OCH3 is 3. The molecule has 0 spiro atoms. The summed E-state index contributed by atoms with van der Waals surface area (Å²) in [6, 6.07) is 20.9. The summed E-state index contributed by atoms with van der Waals surface area (Å²) in [5.74, 6) is 0.311. The number of hydrogen-bond donors (Lipinski definition) is 0. The molecule has 2 atom stereocenters. The number of piperazine rings is 2. The van der Waals surface area contributed by atoms with E-state index in [0.717, 1.165) is 6.54 Å². The lowest BCUT2D eigenvalue weighted by Gasteiger charge is -2.53.